The molecule has 0 bridgehead atoms. The highest BCUT2D eigenvalue weighted by Gasteiger charge is 2.18. The second-order valence-electron chi connectivity index (χ2n) is 3.64. The van der Waals surface area contributed by atoms with Gasteiger partial charge in [-0.25, -0.2) is 4.98 Å². The molecule has 1 heterocycles. The zero-order chi connectivity index (χ0) is 11.3. The van der Waals surface area contributed by atoms with E-state index in [1.54, 1.807) is 11.9 Å². The Balaban J connectivity index is 2.53. The summed E-state index contributed by atoms with van der Waals surface area (Å²) < 4.78 is 0. The first kappa shape index (κ1) is 11.7. The van der Waals surface area contributed by atoms with Crippen LogP contribution in [0.25, 0.3) is 0 Å². The highest BCUT2D eigenvalue weighted by molar-refractivity contribution is 5.78. The van der Waals surface area contributed by atoms with Gasteiger partial charge in [0.1, 0.15) is 12.2 Å². The summed E-state index contributed by atoms with van der Waals surface area (Å²) in [6.45, 7) is 4.57. The molecule has 1 N–H and O–H groups in total. The third-order valence-corrected chi connectivity index (χ3v) is 2.56. The summed E-state index contributed by atoms with van der Waals surface area (Å²) in [6, 6.07) is 0. The summed E-state index contributed by atoms with van der Waals surface area (Å²) >= 11 is 0. The quantitative estimate of drug-likeness (QED) is 0.794. The minimum Gasteiger partial charge on any atom is -0.338 e. The molecule has 5 nitrogen and oxygen atoms in total. The number of rotatable bonds is 5. The van der Waals surface area contributed by atoms with Gasteiger partial charge in [0.05, 0.1) is 6.54 Å². The second kappa shape index (κ2) is 5.48. The molecule has 0 radical (unpaired) electrons. The number of nitrogens with zero attached hydrogens (tertiary/aromatic N) is 3. The summed E-state index contributed by atoms with van der Waals surface area (Å²) in [6.07, 6.45) is 3.22. The monoisotopic (exact) mass is 210 g/mol. The second-order valence-corrected chi connectivity index (χ2v) is 3.64. The molecule has 0 saturated heterocycles. The van der Waals surface area contributed by atoms with Crippen molar-refractivity contribution in [3.63, 3.8) is 0 Å². The van der Waals surface area contributed by atoms with Crippen LogP contribution in [-0.2, 0) is 11.3 Å². The van der Waals surface area contributed by atoms with Crippen molar-refractivity contribution in [3.8, 4) is 0 Å². The minimum absolute atomic E-state index is 0.123. The van der Waals surface area contributed by atoms with Crippen molar-refractivity contribution < 1.29 is 4.79 Å². The molecule has 1 aromatic rings. The Hall–Kier alpha value is -1.39. The first-order valence-corrected chi connectivity index (χ1v) is 5.28. The third kappa shape index (κ3) is 3.04. The Morgan fingerprint density at radius 1 is 1.53 bits per heavy atom. The average Bonchev–Trinajstić information content (AvgIpc) is 2.72. The number of aromatic nitrogens is 3. The largest absolute Gasteiger partial charge is 0.338 e. The summed E-state index contributed by atoms with van der Waals surface area (Å²) in [5.41, 5.74) is 0. The van der Waals surface area contributed by atoms with Crippen LogP contribution in [0, 0.1) is 5.92 Å². The van der Waals surface area contributed by atoms with Gasteiger partial charge in [0.25, 0.3) is 0 Å². The van der Waals surface area contributed by atoms with E-state index < -0.39 is 0 Å². The Morgan fingerprint density at radius 2 is 2.20 bits per heavy atom. The van der Waals surface area contributed by atoms with Crippen LogP contribution in [0.1, 0.15) is 32.5 Å². The van der Waals surface area contributed by atoms with Gasteiger partial charge in [-0.15, -0.1) is 0 Å². The number of amides is 1. The van der Waals surface area contributed by atoms with Gasteiger partial charge in [-0.1, -0.05) is 13.8 Å². The van der Waals surface area contributed by atoms with E-state index in [1.807, 2.05) is 13.8 Å². The predicted molar refractivity (Wildman–Crippen MR) is 56.9 cm³/mol. The lowest BCUT2D eigenvalue weighted by Gasteiger charge is -2.20. The first-order chi connectivity index (χ1) is 7.19. The van der Waals surface area contributed by atoms with E-state index in [0.717, 1.165) is 18.7 Å². The maximum atomic E-state index is 11.9. The van der Waals surface area contributed by atoms with E-state index >= 15 is 0 Å². The maximum absolute atomic E-state index is 11.9. The van der Waals surface area contributed by atoms with Crippen LogP contribution in [0.4, 0.5) is 0 Å². The Bertz CT molecular complexity index is 292. The van der Waals surface area contributed by atoms with Crippen LogP contribution < -0.4 is 0 Å². The van der Waals surface area contributed by atoms with Gasteiger partial charge >= 0.3 is 0 Å². The summed E-state index contributed by atoms with van der Waals surface area (Å²) in [5, 5.41) is 6.49. The summed E-state index contributed by atoms with van der Waals surface area (Å²) in [5.74, 6) is 1.02. The molecule has 0 saturated carbocycles. The molecule has 1 aromatic heterocycles. The lowest BCUT2D eigenvalue weighted by atomic mass is 10.0. The Morgan fingerprint density at radius 3 is 2.67 bits per heavy atom. The fraction of sp³-hybridized carbons (Fsp3) is 0.700. The molecular formula is C10H18N4O. The molecule has 84 valence electrons. The highest BCUT2D eigenvalue weighted by atomic mass is 16.2. The van der Waals surface area contributed by atoms with Gasteiger partial charge in [-0.2, -0.15) is 5.10 Å². The summed E-state index contributed by atoms with van der Waals surface area (Å²) in [4.78, 5) is 17.6. The topological polar surface area (TPSA) is 61.9 Å². The molecule has 0 aliphatic carbocycles. The van der Waals surface area contributed by atoms with E-state index in [9.17, 15) is 4.79 Å². The van der Waals surface area contributed by atoms with Crippen molar-refractivity contribution in [2.75, 3.05) is 7.05 Å². The molecule has 15 heavy (non-hydrogen) atoms. The third-order valence-electron chi connectivity index (χ3n) is 2.56. The molecular weight excluding hydrogens is 192 g/mol. The lowest BCUT2D eigenvalue weighted by Crippen LogP contribution is -2.32. The van der Waals surface area contributed by atoms with E-state index in [2.05, 4.69) is 15.2 Å². The molecule has 1 amide bonds. The van der Waals surface area contributed by atoms with E-state index in [-0.39, 0.29) is 11.8 Å². The Labute approximate surface area is 89.9 Å². The molecule has 0 aromatic carbocycles. The van der Waals surface area contributed by atoms with Crippen LogP contribution in [0.3, 0.4) is 0 Å². The highest BCUT2D eigenvalue weighted by Crippen LogP contribution is 2.11. The fourth-order valence-corrected chi connectivity index (χ4v) is 1.56. The van der Waals surface area contributed by atoms with Crippen molar-refractivity contribution >= 4 is 5.91 Å². The number of hydrogen-bond acceptors (Lipinski definition) is 3. The molecule has 0 aliphatic rings. The number of H-pyrrole nitrogens is 1. The minimum atomic E-state index is 0.123. The maximum Gasteiger partial charge on any atom is 0.225 e. The van der Waals surface area contributed by atoms with E-state index in [0.29, 0.717) is 6.54 Å². The normalized spacial score (nSPS) is 10.7. The SMILES string of the molecule is CCC(CC)C(=O)N(C)Cc1ncn[nH]1. The molecule has 1 rings (SSSR count). The number of nitrogens with one attached hydrogen (secondary N) is 1. The van der Waals surface area contributed by atoms with Gasteiger partial charge < -0.3 is 4.90 Å². The molecule has 0 fully saturated rings. The van der Waals surface area contributed by atoms with E-state index in [4.69, 9.17) is 0 Å². The molecule has 0 unspecified atom stereocenters. The zero-order valence-corrected chi connectivity index (χ0v) is 9.53. The van der Waals surface area contributed by atoms with Gasteiger partial charge in [-0.05, 0) is 12.8 Å². The summed E-state index contributed by atoms with van der Waals surface area (Å²) in [7, 11) is 1.79. The smallest absolute Gasteiger partial charge is 0.225 e. The first-order valence-electron chi connectivity index (χ1n) is 5.28. The van der Waals surface area contributed by atoms with Gasteiger partial charge in [0.2, 0.25) is 5.91 Å². The van der Waals surface area contributed by atoms with Crippen LogP contribution in [0.15, 0.2) is 6.33 Å². The predicted octanol–water partition coefficient (Wildman–Crippen LogP) is 1.20. The number of carbonyl (C=O) groups excluding carboxylic acids is 1. The van der Waals surface area contributed by atoms with Crippen LogP contribution in [-0.4, -0.2) is 33.0 Å². The average molecular weight is 210 g/mol. The Kier molecular flexibility index (Phi) is 4.27. The molecule has 5 heteroatoms. The standard InChI is InChI=1S/C10H18N4O/c1-4-8(5-2)10(15)14(3)6-9-11-7-12-13-9/h7-8H,4-6H2,1-3H3,(H,11,12,13). The molecule has 0 spiro atoms. The van der Waals surface area contributed by atoms with Crippen molar-refractivity contribution in [3.05, 3.63) is 12.2 Å². The fourth-order valence-electron chi connectivity index (χ4n) is 1.56. The van der Waals surface area contributed by atoms with Gasteiger partial charge in [-0.3, -0.25) is 9.89 Å². The van der Waals surface area contributed by atoms with E-state index in [1.165, 1.54) is 6.33 Å². The van der Waals surface area contributed by atoms with Crippen molar-refractivity contribution in [1.29, 1.82) is 0 Å². The lowest BCUT2D eigenvalue weighted by molar-refractivity contribution is -0.135. The number of carbonyl (C=O) groups is 1. The van der Waals surface area contributed by atoms with Crippen LogP contribution in [0.5, 0.6) is 0 Å². The van der Waals surface area contributed by atoms with Crippen LogP contribution in [0.2, 0.25) is 0 Å². The van der Waals surface area contributed by atoms with Crippen molar-refractivity contribution in [2.45, 2.75) is 33.2 Å². The molecule has 0 aliphatic heterocycles. The van der Waals surface area contributed by atoms with Gasteiger partial charge in [0.15, 0.2) is 0 Å². The van der Waals surface area contributed by atoms with Gasteiger partial charge in [0, 0.05) is 13.0 Å². The van der Waals surface area contributed by atoms with Crippen LogP contribution >= 0.6 is 0 Å². The number of hydrogen-bond donors (Lipinski definition) is 1. The molecule has 0 atom stereocenters. The number of aromatic amines is 1. The zero-order valence-electron chi connectivity index (χ0n) is 9.53. The van der Waals surface area contributed by atoms with Crippen molar-refractivity contribution in [2.24, 2.45) is 5.92 Å². The van der Waals surface area contributed by atoms with Crippen molar-refractivity contribution in [1.82, 2.24) is 20.1 Å².